The van der Waals surface area contributed by atoms with Crippen LogP contribution in [-0.4, -0.2) is 46.7 Å². The molecule has 1 aliphatic rings. The minimum absolute atomic E-state index is 0.119. The van der Waals surface area contributed by atoms with E-state index in [1.807, 2.05) is 38.1 Å². The van der Waals surface area contributed by atoms with Gasteiger partial charge in [0.2, 0.25) is 11.0 Å². The van der Waals surface area contributed by atoms with Crippen LogP contribution in [0.4, 0.5) is 5.13 Å². The molecule has 0 aliphatic carbocycles. The molecule has 2 atom stereocenters. The second-order valence-electron chi connectivity index (χ2n) is 5.71. The monoisotopic (exact) mass is 346 g/mol. The third-order valence-corrected chi connectivity index (χ3v) is 4.67. The minimum atomic E-state index is -0.806. The lowest BCUT2D eigenvalue weighted by atomic mass is 9.97. The van der Waals surface area contributed by atoms with Gasteiger partial charge in [-0.25, -0.2) is 0 Å². The Bertz CT molecular complexity index is 759. The number of hydrogen-bond donors (Lipinski definition) is 1. The number of morpholine rings is 1. The molecule has 1 aromatic heterocycles. The SMILES string of the molecule is Cc1ccc([C@@H]2[C@@H](C(=O)Nc3nnc(C)s3)OCC(=O)N2C)cc1. The van der Waals surface area contributed by atoms with Crippen LogP contribution >= 0.6 is 11.3 Å². The van der Waals surface area contributed by atoms with E-state index >= 15 is 0 Å². The molecule has 0 radical (unpaired) electrons. The van der Waals surface area contributed by atoms with Gasteiger partial charge in [0.15, 0.2) is 6.10 Å². The average molecular weight is 346 g/mol. The molecule has 1 aromatic carbocycles. The molecule has 1 N–H and O–H groups in total. The Hall–Kier alpha value is -2.32. The largest absolute Gasteiger partial charge is 0.356 e. The van der Waals surface area contributed by atoms with Crippen molar-refractivity contribution in [2.24, 2.45) is 0 Å². The lowest BCUT2D eigenvalue weighted by Gasteiger charge is -2.38. The van der Waals surface area contributed by atoms with Gasteiger partial charge in [0.1, 0.15) is 11.6 Å². The van der Waals surface area contributed by atoms with Gasteiger partial charge in [0.25, 0.3) is 5.91 Å². The Labute approximate surface area is 143 Å². The number of nitrogens with zero attached hydrogens (tertiary/aromatic N) is 3. The van der Waals surface area contributed by atoms with Crippen molar-refractivity contribution in [1.29, 1.82) is 0 Å². The maximum Gasteiger partial charge on any atom is 0.257 e. The first-order valence-electron chi connectivity index (χ1n) is 7.50. The van der Waals surface area contributed by atoms with Crippen molar-refractivity contribution in [2.75, 3.05) is 19.0 Å². The summed E-state index contributed by atoms with van der Waals surface area (Å²) >= 11 is 1.29. The summed E-state index contributed by atoms with van der Waals surface area (Å²) in [5.74, 6) is -0.493. The highest BCUT2D eigenvalue weighted by Gasteiger charge is 2.40. The van der Waals surface area contributed by atoms with E-state index in [9.17, 15) is 9.59 Å². The van der Waals surface area contributed by atoms with E-state index in [0.29, 0.717) is 5.13 Å². The number of benzene rings is 1. The third kappa shape index (κ3) is 3.29. The summed E-state index contributed by atoms with van der Waals surface area (Å²) in [6.07, 6.45) is -0.806. The number of ether oxygens (including phenoxy) is 1. The van der Waals surface area contributed by atoms with Crippen LogP contribution in [0, 0.1) is 13.8 Å². The highest BCUT2D eigenvalue weighted by Crippen LogP contribution is 2.30. The lowest BCUT2D eigenvalue weighted by molar-refractivity contribution is -0.160. The number of aryl methyl sites for hydroxylation is 2. The first-order valence-corrected chi connectivity index (χ1v) is 8.32. The molecule has 8 heteroatoms. The minimum Gasteiger partial charge on any atom is -0.356 e. The Morgan fingerprint density at radius 3 is 2.62 bits per heavy atom. The zero-order chi connectivity index (χ0) is 17.3. The fourth-order valence-corrected chi connectivity index (χ4v) is 3.21. The van der Waals surface area contributed by atoms with Gasteiger partial charge in [-0.15, -0.1) is 10.2 Å². The van der Waals surface area contributed by atoms with E-state index in [2.05, 4.69) is 15.5 Å². The number of carbonyl (C=O) groups excluding carboxylic acids is 2. The third-order valence-electron chi connectivity index (χ3n) is 3.92. The Kier molecular flexibility index (Phi) is 4.59. The molecule has 2 aromatic rings. The first-order chi connectivity index (χ1) is 11.5. The summed E-state index contributed by atoms with van der Waals surface area (Å²) in [6.45, 7) is 3.68. The molecule has 0 bridgehead atoms. The van der Waals surface area contributed by atoms with E-state index in [-0.39, 0.29) is 18.4 Å². The summed E-state index contributed by atoms with van der Waals surface area (Å²) in [5.41, 5.74) is 1.96. The van der Waals surface area contributed by atoms with Crippen LogP contribution in [0.25, 0.3) is 0 Å². The molecule has 1 fully saturated rings. The number of amides is 2. The summed E-state index contributed by atoms with van der Waals surface area (Å²) in [5, 5.41) is 11.7. The van der Waals surface area contributed by atoms with Crippen molar-refractivity contribution in [1.82, 2.24) is 15.1 Å². The number of likely N-dealkylation sites (N-methyl/N-ethyl adjacent to an activating group) is 1. The van der Waals surface area contributed by atoms with Gasteiger partial charge in [-0.1, -0.05) is 41.2 Å². The van der Waals surface area contributed by atoms with Crippen LogP contribution in [0.2, 0.25) is 0 Å². The quantitative estimate of drug-likeness (QED) is 0.914. The topological polar surface area (TPSA) is 84.4 Å². The fraction of sp³-hybridized carbons (Fsp3) is 0.375. The Balaban J connectivity index is 1.86. The highest BCUT2D eigenvalue weighted by atomic mass is 32.1. The van der Waals surface area contributed by atoms with Crippen molar-refractivity contribution in [3.63, 3.8) is 0 Å². The van der Waals surface area contributed by atoms with Crippen LogP contribution < -0.4 is 5.32 Å². The normalized spacial score (nSPS) is 21.0. The molecule has 0 spiro atoms. The molecule has 3 rings (SSSR count). The van der Waals surface area contributed by atoms with Crippen molar-refractivity contribution < 1.29 is 14.3 Å². The molecular weight excluding hydrogens is 328 g/mol. The van der Waals surface area contributed by atoms with Gasteiger partial charge in [-0.2, -0.15) is 0 Å². The van der Waals surface area contributed by atoms with E-state index in [0.717, 1.165) is 16.1 Å². The van der Waals surface area contributed by atoms with Gasteiger partial charge in [0.05, 0.1) is 6.04 Å². The Morgan fingerprint density at radius 2 is 2.00 bits per heavy atom. The number of anilines is 1. The molecular formula is C16H18N4O3S. The maximum absolute atomic E-state index is 12.6. The average Bonchev–Trinajstić information content (AvgIpc) is 2.96. The predicted octanol–water partition coefficient (Wildman–Crippen LogP) is 1.69. The highest BCUT2D eigenvalue weighted by molar-refractivity contribution is 7.15. The van der Waals surface area contributed by atoms with E-state index in [4.69, 9.17) is 4.74 Å². The zero-order valence-corrected chi connectivity index (χ0v) is 14.5. The van der Waals surface area contributed by atoms with E-state index < -0.39 is 12.1 Å². The summed E-state index contributed by atoms with van der Waals surface area (Å²) in [6, 6.07) is 7.24. The lowest BCUT2D eigenvalue weighted by Crippen LogP contribution is -2.51. The molecule has 2 heterocycles. The van der Waals surface area contributed by atoms with Crippen LogP contribution in [-0.2, 0) is 14.3 Å². The van der Waals surface area contributed by atoms with Crippen molar-refractivity contribution in [2.45, 2.75) is 26.0 Å². The number of carbonyl (C=O) groups is 2. The molecule has 0 saturated carbocycles. The van der Waals surface area contributed by atoms with Crippen LogP contribution in [0.15, 0.2) is 24.3 Å². The van der Waals surface area contributed by atoms with Gasteiger partial charge in [-0.05, 0) is 19.4 Å². The second kappa shape index (κ2) is 6.66. The molecule has 7 nitrogen and oxygen atoms in total. The predicted molar refractivity (Wildman–Crippen MR) is 89.7 cm³/mol. The summed E-state index contributed by atoms with van der Waals surface area (Å²) < 4.78 is 5.55. The first kappa shape index (κ1) is 16.5. The molecule has 24 heavy (non-hydrogen) atoms. The summed E-state index contributed by atoms with van der Waals surface area (Å²) in [4.78, 5) is 26.2. The molecule has 126 valence electrons. The van der Waals surface area contributed by atoms with Crippen LogP contribution in [0.1, 0.15) is 22.2 Å². The standard InChI is InChI=1S/C16H18N4O3S/c1-9-4-6-11(7-5-9)13-14(23-8-12(21)20(13)3)15(22)17-16-19-18-10(2)24-16/h4-7,13-14H,8H2,1-3H3,(H,17,19,22)/t13-,14+/m1/s1. The number of aromatic nitrogens is 2. The molecule has 2 amide bonds. The molecule has 1 saturated heterocycles. The zero-order valence-electron chi connectivity index (χ0n) is 13.6. The van der Waals surface area contributed by atoms with Gasteiger partial charge in [0, 0.05) is 7.05 Å². The molecule has 1 aliphatic heterocycles. The van der Waals surface area contributed by atoms with Gasteiger partial charge in [-0.3, -0.25) is 14.9 Å². The molecule has 0 unspecified atom stereocenters. The van der Waals surface area contributed by atoms with Crippen molar-refractivity contribution >= 4 is 28.3 Å². The number of nitrogens with one attached hydrogen (secondary N) is 1. The smallest absolute Gasteiger partial charge is 0.257 e. The number of hydrogen-bond acceptors (Lipinski definition) is 6. The van der Waals surface area contributed by atoms with Crippen LogP contribution in [0.5, 0.6) is 0 Å². The van der Waals surface area contributed by atoms with Gasteiger partial charge >= 0.3 is 0 Å². The van der Waals surface area contributed by atoms with Crippen LogP contribution in [0.3, 0.4) is 0 Å². The van der Waals surface area contributed by atoms with Gasteiger partial charge < -0.3 is 9.64 Å². The second-order valence-corrected chi connectivity index (χ2v) is 6.89. The van der Waals surface area contributed by atoms with E-state index in [1.165, 1.54) is 11.3 Å². The van der Waals surface area contributed by atoms with E-state index in [1.54, 1.807) is 11.9 Å². The number of rotatable bonds is 3. The fourth-order valence-electron chi connectivity index (χ4n) is 2.62. The van der Waals surface area contributed by atoms with Crippen molar-refractivity contribution in [3.8, 4) is 0 Å². The Morgan fingerprint density at radius 1 is 1.29 bits per heavy atom. The van der Waals surface area contributed by atoms with Crippen molar-refractivity contribution in [3.05, 3.63) is 40.4 Å². The maximum atomic E-state index is 12.6. The summed E-state index contributed by atoms with van der Waals surface area (Å²) in [7, 11) is 1.69.